The number of amides is 1. The number of allylic oxidation sites excluding steroid dienone is 1. The van der Waals surface area contributed by atoms with Gasteiger partial charge in [-0.05, 0) is 102 Å². The lowest BCUT2D eigenvalue weighted by atomic mass is 9.56. The van der Waals surface area contributed by atoms with Crippen LogP contribution in [0.3, 0.4) is 0 Å². The second kappa shape index (κ2) is 16.5. The van der Waals surface area contributed by atoms with Gasteiger partial charge in [0, 0.05) is 74.6 Å². The summed E-state index contributed by atoms with van der Waals surface area (Å²) in [5.74, 6) is 1.41. The summed E-state index contributed by atoms with van der Waals surface area (Å²) in [6.07, 6.45) is 10.9. The maximum absolute atomic E-state index is 13.9. The number of esters is 2. The van der Waals surface area contributed by atoms with E-state index in [9.17, 15) is 24.6 Å². The third-order valence-corrected chi connectivity index (χ3v) is 16.6. The summed E-state index contributed by atoms with van der Waals surface area (Å²) in [4.78, 5) is 43.1. The van der Waals surface area contributed by atoms with E-state index in [0.717, 1.165) is 37.3 Å². The number of hydrogen-bond acceptors (Lipinski definition) is 12. The predicted molar refractivity (Wildman–Crippen MR) is 205 cm³/mol. The highest BCUT2D eigenvalue weighted by atomic mass is 33.1. The van der Waals surface area contributed by atoms with Gasteiger partial charge in [-0.2, -0.15) is 0 Å². The summed E-state index contributed by atoms with van der Waals surface area (Å²) in [6.45, 7) is 7.22. The lowest BCUT2D eigenvalue weighted by Gasteiger charge is -2.57. The van der Waals surface area contributed by atoms with Gasteiger partial charge in [0.05, 0.1) is 18.2 Å². The van der Waals surface area contributed by atoms with Crippen LogP contribution in [0.2, 0.25) is 0 Å². The van der Waals surface area contributed by atoms with Crippen molar-refractivity contribution in [2.75, 3.05) is 37.8 Å². The van der Waals surface area contributed by atoms with Crippen molar-refractivity contribution in [3.05, 3.63) is 23.3 Å². The van der Waals surface area contributed by atoms with E-state index in [1.165, 1.54) is 5.57 Å². The van der Waals surface area contributed by atoms with Gasteiger partial charge in [-0.15, -0.1) is 0 Å². The van der Waals surface area contributed by atoms with Crippen molar-refractivity contribution in [1.82, 2.24) is 10.2 Å². The Morgan fingerprint density at radius 3 is 2.74 bits per heavy atom. The zero-order valence-corrected chi connectivity index (χ0v) is 33.3. The number of nitrogens with zero attached hydrogens (tertiary/aromatic N) is 1. The first-order valence-electron chi connectivity index (χ1n) is 20.2. The Morgan fingerprint density at radius 2 is 2.00 bits per heavy atom. The van der Waals surface area contributed by atoms with Crippen LogP contribution in [-0.2, 0) is 28.6 Å². The van der Waals surface area contributed by atoms with Gasteiger partial charge in [0.2, 0.25) is 5.91 Å². The summed E-state index contributed by atoms with van der Waals surface area (Å²) in [6, 6.07) is 0.297. The molecule has 5 saturated heterocycles. The van der Waals surface area contributed by atoms with E-state index < -0.39 is 11.2 Å². The number of aliphatic hydroxyl groups excluding tert-OH is 2. The number of nitrogens with two attached hydrogens (primary N) is 1. The van der Waals surface area contributed by atoms with Gasteiger partial charge < -0.3 is 40.4 Å². The monoisotopic (exact) mass is 775 g/mol. The van der Waals surface area contributed by atoms with Crippen molar-refractivity contribution in [2.24, 2.45) is 47.2 Å². The fourth-order valence-electron chi connectivity index (χ4n) is 11.0. The molecule has 7 rings (SSSR count). The molecule has 1 amide bonds. The van der Waals surface area contributed by atoms with Gasteiger partial charge in [0.1, 0.15) is 17.3 Å². The minimum Gasteiger partial charge on any atom is -0.462 e. The molecule has 0 aromatic rings. The molecular formula is C40H61N3O8S2. The van der Waals surface area contributed by atoms with Crippen LogP contribution in [0.4, 0.5) is 0 Å². The van der Waals surface area contributed by atoms with E-state index in [-0.39, 0.29) is 90.9 Å². The number of aliphatic hydroxyl groups is 2. The SMILES string of the molecule is CC=C(C)C(=O)OC1(C)CC=C2CSSCC3CCN3C(=O)CC3CNC(N)CC3C2C12CC1CC3CC(CC(CO)CCCO)C(=O)OC3CC1O2. The molecule has 11 nitrogen and oxygen atoms in total. The number of rotatable bonds is 8. The molecule has 6 fully saturated rings. The second-order valence-corrected chi connectivity index (χ2v) is 19.8. The van der Waals surface area contributed by atoms with Crippen LogP contribution in [0.1, 0.15) is 91.4 Å². The summed E-state index contributed by atoms with van der Waals surface area (Å²) in [5.41, 5.74) is 6.73. The Labute approximate surface area is 322 Å². The van der Waals surface area contributed by atoms with Gasteiger partial charge >= 0.3 is 11.9 Å². The highest BCUT2D eigenvalue weighted by Crippen LogP contribution is 2.62. The van der Waals surface area contributed by atoms with Crippen LogP contribution in [-0.4, -0.2) is 106 Å². The van der Waals surface area contributed by atoms with Crippen molar-refractivity contribution in [3.8, 4) is 0 Å². The summed E-state index contributed by atoms with van der Waals surface area (Å²) >= 11 is 0. The van der Waals surface area contributed by atoms with Gasteiger partial charge in [0.25, 0.3) is 0 Å². The molecule has 13 atom stereocenters. The van der Waals surface area contributed by atoms with E-state index in [2.05, 4.69) is 23.2 Å². The lowest BCUT2D eigenvalue weighted by Crippen LogP contribution is -2.65. The molecule has 0 aromatic heterocycles. The molecule has 296 valence electrons. The van der Waals surface area contributed by atoms with Crippen LogP contribution >= 0.6 is 21.6 Å². The molecule has 13 heteroatoms. The molecule has 5 heterocycles. The lowest BCUT2D eigenvalue weighted by molar-refractivity contribution is -0.229. The molecule has 0 bridgehead atoms. The minimum absolute atomic E-state index is 0.0114. The molecule has 53 heavy (non-hydrogen) atoms. The van der Waals surface area contributed by atoms with Gasteiger partial charge in [0.15, 0.2) is 0 Å². The average molecular weight is 776 g/mol. The van der Waals surface area contributed by atoms with E-state index in [1.54, 1.807) is 13.0 Å². The van der Waals surface area contributed by atoms with E-state index in [4.69, 9.17) is 19.9 Å². The Kier molecular flexibility index (Phi) is 12.3. The van der Waals surface area contributed by atoms with Crippen LogP contribution < -0.4 is 11.1 Å². The summed E-state index contributed by atoms with van der Waals surface area (Å²) in [7, 11) is 3.70. The molecule has 7 aliphatic rings. The maximum atomic E-state index is 13.9. The summed E-state index contributed by atoms with van der Waals surface area (Å²) in [5, 5.41) is 22.9. The highest BCUT2D eigenvalue weighted by Gasteiger charge is 2.68. The predicted octanol–water partition coefficient (Wildman–Crippen LogP) is 4.35. The number of carbonyl (C=O) groups is 3. The van der Waals surface area contributed by atoms with Crippen molar-refractivity contribution in [2.45, 2.75) is 127 Å². The Bertz CT molecular complexity index is 1450. The summed E-state index contributed by atoms with van der Waals surface area (Å²) < 4.78 is 20.4. The highest BCUT2D eigenvalue weighted by molar-refractivity contribution is 8.76. The molecule has 5 N–H and O–H groups in total. The Morgan fingerprint density at radius 1 is 1.17 bits per heavy atom. The zero-order chi connectivity index (χ0) is 37.5. The fraction of sp³-hybridized carbons (Fsp3) is 0.825. The van der Waals surface area contributed by atoms with Crippen molar-refractivity contribution >= 4 is 39.4 Å². The van der Waals surface area contributed by atoms with E-state index >= 15 is 0 Å². The van der Waals surface area contributed by atoms with Crippen molar-refractivity contribution < 1.29 is 38.8 Å². The van der Waals surface area contributed by atoms with Crippen molar-refractivity contribution in [1.29, 1.82) is 0 Å². The molecule has 0 aromatic carbocycles. The fourth-order valence-corrected chi connectivity index (χ4v) is 13.5. The number of fused-ring (bicyclic) bond motifs is 7. The van der Waals surface area contributed by atoms with Gasteiger partial charge in [-0.1, -0.05) is 39.3 Å². The quantitative estimate of drug-likeness (QED) is 0.120. The normalized spacial score (nSPS) is 42.3. The number of hydrogen-bond donors (Lipinski definition) is 4. The molecule has 5 aliphatic heterocycles. The molecule has 0 radical (unpaired) electrons. The molecule has 1 spiro atoms. The van der Waals surface area contributed by atoms with E-state index in [0.29, 0.717) is 69.5 Å². The third-order valence-electron chi connectivity index (χ3n) is 14.2. The van der Waals surface area contributed by atoms with Crippen LogP contribution in [0.15, 0.2) is 23.3 Å². The topological polar surface area (TPSA) is 161 Å². The first kappa shape index (κ1) is 39.6. The maximum Gasteiger partial charge on any atom is 0.334 e. The number of nitrogens with one attached hydrogen (secondary N) is 1. The van der Waals surface area contributed by atoms with Gasteiger partial charge in [-0.3, -0.25) is 9.59 Å². The standard InChI is InChI=1S/C40H61N3O8S2/c1-4-23(2)37(47)51-39(3)9-7-25-21-52-53-22-30-8-10-43(30)35(46)15-29-19-42-34(41)16-31(29)36(25)40(39)18-28-14-26-13-27(12-24(20-45)6-5-11-44)38(48)49-32(26)17-33(28)50-40/h4,7,24,26-34,36,42,44-45H,5-6,8-22,41H2,1-3H3. The molecule has 13 unspecified atom stereocenters. The average Bonchev–Trinajstić information content (AvgIpc) is 3.49. The smallest absolute Gasteiger partial charge is 0.334 e. The minimum atomic E-state index is -0.980. The molecular weight excluding hydrogens is 715 g/mol. The van der Waals surface area contributed by atoms with Crippen molar-refractivity contribution in [3.63, 3.8) is 0 Å². The first-order valence-corrected chi connectivity index (χ1v) is 22.7. The second-order valence-electron chi connectivity index (χ2n) is 17.3. The Balaban J connectivity index is 1.23. The Hall–Kier alpha value is -1.61. The largest absolute Gasteiger partial charge is 0.462 e. The molecule has 1 saturated carbocycles. The number of carbonyl (C=O) groups excluding carboxylic acids is 3. The molecule has 2 aliphatic carbocycles. The van der Waals surface area contributed by atoms with Crippen LogP contribution in [0.25, 0.3) is 0 Å². The first-order chi connectivity index (χ1) is 25.5. The van der Waals surface area contributed by atoms with Crippen LogP contribution in [0, 0.1) is 41.4 Å². The third kappa shape index (κ3) is 7.75. The number of ether oxygens (including phenoxy) is 3. The number of piperidine rings is 1. The van der Waals surface area contributed by atoms with Gasteiger partial charge in [-0.25, -0.2) is 4.79 Å². The zero-order valence-electron chi connectivity index (χ0n) is 31.7. The van der Waals surface area contributed by atoms with Crippen LogP contribution in [0.5, 0.6) is 0 Å². The van der Waals surface area contributed by atoms with E-state index in [1.807, 2.05) is 28.5 Å².